The number of aromatic nitrogens is 3. The molecule has 2 N–H and O–H groups in total. The molecule has 0 fully saturated rings. The molecule has 0 bridgehead atoms. The van der Waals surface area contributed by atoms with E-state index in [4.69, 9.17) is 10.5 Å². The number of nitrogen functional groups attached to an aromatic ring is 1. The van der Waals surface area contributed by atoms with Gasteiger partial charge in [-0.15, -0.1) is 0 Å². The largest absolute Gasteiger partial charge is 0.397 e. The van der Waals surface area contributed by atoms with Gasteiger partial charge in [0.15, 0.2) is 5.65 Å². The summed E-state index contributed by atoms with van der Waals surface area (Å²) in [5.74, 6) is 0. The van der Waals surface area contributed by atoms with Crippen molar-refractivity contribution in [2.45, 2.75) is 6.61 Å². The van der Waals surface area contributed by atoms with Crippen LogP contribution in [-0.2, 0) is 11.3 Å². The molecule has 0 atom stereocenters. The summed E-state index contributed by atoms with van der Waals surface area (Å²) < 4.78 is 6.70. The summed E-state index contributed by atoms with van der Waals surface area (Å²) >= 11 is 0. The molecule has 0 aliphatic carbocycles. The van der Waals surface area contributed by atoms with Crippen molar-refractivity contribution in [2.75, 3.05) is 12.8 Å². The molecule has 2 aromatic heterocycles. The molecule has 5 heteroatoms. The fourth-order valence-corrected chi connectivity index (χ4v) is 1.23. The molecule has 13 heavy (non-hydrogen) atoms. The highest BCUT2D eigenvalue weighted by atomic mass is 16.5. The smallest absolute Gasteiger partial charge is 0.161 e. The highest BCUT2D eigenvalue weighted by Gasteiger charge is 2.06. The third-order valence-corrected chi connectivity index (χ3v) is 1.85. The van der Waals surface area contributed by atoms with Crippen molar-refractivity contribution in [3.05, 3.63) is 24.2 Å². The molecule has 0 aliphatic rings. The predicted octanol–water partition coefficient (Wildman–Crippen LogP) is 0.458. The van der Waals surface area contributed by atoms with Gasteiger partial charge in [-0.05, 0) is 0 Å². The Kier molecular flexibility index (Phi) is 1.86. The zero-order valence-electron chi connectivity index (χ0n) is 7.27. The van der Waals surface area contributed by atoms with E-state index in [2.05, 4.69) is 10.1 Å². The second kappa shape index (κ2) is 3.02. The number of methoxy groups -OCH3 is 1. The van der Waals surface area contributed by atoms with E-state index in [0.29, 0.717) is 12.3 Å². The minimum absolute atomic E-state index is 0.453. The van der Waals surface area contributed by atoms with Crippen LogP contribution in [0.5, 0.6) is 0 Å². The van der Waals surface area contributed by atoms with Gasteiger partial charge in [0, 0.05) is 25.1 Å². The Morgan fingerprint density at radius 3 is 3.23 bits per heavy atom. The summed E-state index contributed by atoms with van der Waals surface area (Å²) in [5, 5.41) is 4.06. The van der Waals surface area contributed by atoms with Crippen molar-refractivity contribution >= 4 is 11.3 Å². The molecular weight excluding hydrogens is 168 g/mol. The van der Waals surface area contributed by atoms with Crippen LogP contribution in [0.15, 0.2) is 18.6 Å². The fourth-order valence-electron chi connectivity index (χ4n) is 1.23. The first kappa shape index (κ1) is 8.00. The van der Waals surface area contributed by atoms with E-state index < -0.39 is 0 Å². The molecule has 0 radical (unpaired) electrons. The van der Waals surface area contributed by atoms with E-state index >= 15 is 0 Å². The Morgan fingerprint density at radius 1 is 1.62 bits per heavy atom. The molecule has 0 amide bonds. The molecule has 0 saturated heterocycles. The lowest BCUT2D eigenvalue weighted by atomic mass is 10.2. The van der Waals surface area contributed by atoms with Crippen LogP contribution in [-0.4, -0.2) is 21.7 Å². The predicted molar refractivity (Wildman–Crippen MR) is 48.1 cm³/mol. The first-order valence-corrected chi connectivity index (χ1v) is 3.88. The number of nitrogens with two attached hydrogens (primary N) is 1. The van der Waals surface area contributed by atoms with Gasteiger partial charge in [0.05, 0.1) is 18.5 Å². The van der Waals surface area contributed by atoms with Crippen molar-refractivity contribution in [1.29, 1.82) is 0 Å². The van der Waals surface area contributed by atoms with E-state index in [9.17, 15) is 0 Å². The van der Waals surface area contributed by atoms with Crippen molar-refractivity contribution in [3.8, 4) is 0 Å². The van der Waals surface area contributed by atoms with E-state index in [1.54, 1.807) is 30.2 Å². The van der Waals surface area contributed by atoms with Crippen molar-refractivity contribution in [1.82, 2.24) is 14.6 Å². The van der Waals surface area contributed by atoms with Crippen LogP contribution in [0.25, 0.3) is 5.65 Å². The molecule has 0 aromatic carbocycles. The summed E-state index contributed by atoms with van der Waals surface area (Å²) in [7, 11) is 1.62. The summed E-state index contributed by atoms with van der Waals surface area (Å²) in [6, 6.07) is 0. The first-order valence-electron chi connectivity index (χ1n) is 3.88. The first-order chi connectivity index (χ1) is 6.33. The second-order valence-electron chi connectivity index (χ2n) is 2.71. The SMILES string of the molecule is COCc1c(N)cnn2ccnc12. The molecule has 2 heterocycles. The van der Waals surface area contributed by atoms with Crippen LogP contribution in [0.3, 0.4) is 0 Å². The second-order valence-corrected chi connectivity index (χ2v) is 2.71. The molecule has 0 unspecified atom stereocenters. The van der Waals surface area contributed by atoms with Gasteiger partial charge in [0.1, 0.15) is 0 Å². The maximum atomic E-state index is 5.74. The van der Waals surface area contributed by atoms with Gasteiger partial charge in [0.2, 0.25) is 0 Å². The van der Waals surface area contributed by atoms with Crippen molar-refractivity contribution in [2.24, 2.45) is 0 Å². The molecule has 0 saturated carbocycles. The number of imidazole rings is 1. The van der Waals surface area contributed by atoms with Crippen LogP contribution in [0.1, 0.15) is 5.56 Å². The van der Waals surface area contributed by atoms with Crippen LogP contribution < -0.4 is 5.73 Å². The zero-order valence-corrected chi connectivity index (χ0v) is 7.27. The Balaban J connectivity index is 2.66. The van der Waals surface area contributed by atoms with Crippen LogP contribution in [0.4, 0.5) is 5.69 Å². The molecular formula is C8H10N4O. The molecule has 0 aliphatic heterocycles. The Hall–Kier alpha value is -1.62. The number of ether oxygens (including phenoxy) is 1. The van der Waals surface area contributed by atoms with Gasteiger partial charge in [-0.1, -0.05) is 0 Å². The van der Waals surface area contributed by atoms with Gasteiger partial charge in [-0.2, -0.15) is 5.10 Å². The van der Waals surface area contributed by atoms with Crippen LogP contribution in [0, 0.1) is 0 Å². The van der Waals surface area contributed by atoms with Gasteiger partial charge in [-0.25, -0.2) is 9.50 Å². The molecule has 68 valence electrons. The molecule has 5 nitrogen and oxygen atoms in total. The monoisotopic (exact) mass is 178 g/mol. The highest BCUT2D eigenvalue weighted by molar-refractivity contribution is 5.59. The van der Waals surface area contributed by atoms with E-state index in [-0.39, 0.29) is 0 Å². The topological polar surface area (TPSA) is 65.4 Å². The minimum Gasteiger partial charge on any atom is -0.397 e. The third-order valence-electron chi connectivity index (χ3n) is 1.85. The van der Waals surface area contributed by atoms with Gasteiger partial charge in [0.25, 0.3) is 0 Å². The van der Waals surface area contributed by atoms with Crippen LogP contribution >= 0.6 is 0 Å². The lowest BCUT2D eigenvalue weighted by molar-refractivity contribution is 0.186. The molecule has 0 spiro atoms. The lowest BCUT2D eigenvalue weighted by Crippen LogP contribution is -2.02. The van der Waals surface area contributed by atoms with Crippen molar-refractivity contribution < 1.29 is 4.74 Å². The Labute approximate surface area is 75.1 Å². The standard InChI is InChI=1S/C8H10N4O/c1-13-5-6-7(9)4-11-12-3-2-10-8(6)12/h2-4H,5,9H2,1H3. The normalized spacial score (nSPS) is 10.8. The quantitative estimate of drug-likeness (QED) is 0.725. The number of rotatable bonds is 2. The number of anilines is 1. The summed E-state index contributed by atoms with van der Waals surface area (Å²) in [5.41, 5.74) is 7.98. The lowest BCUT2D eigenvalue weighted by Gasteiger charge is -2.04. The van der Waals surface area contributed by atoms with Crippen LogP contribution in [0.2, 0.25) is 0 Å². The highest BCUT2D eigenvalue weighted by Crippen LogP contribution is 2.15. The number of nitrogens with zero attached hydrogens (tertiary/aromatic N) is 3. The zero-order chi connectivity index (χ0) is 9.26. The number of fused-ring (bicyclic) bond motifs is 1. The maximum Gasteiger partial charge on any atom is 0.161 e. The summed E-state index contributed by atoms with van der Waals surface area (Å²) in [6.07, 6.45) is 5.05. The maximum absolute atomic E-state index is 5.74. The van der Waals surface area contributed by atoms with Gasteiger partial charge < -0.3 is 10.5 Å². The Morgan fingerprint density at radius 2 is 2.46 bits per heavy atom. The molecule has 2 aromatic rings. The Bertz CT molecular complexity index is 423. The van der Waals surface area contributed by atoms with Gasteiger partial charge >= 0.3 is 0 Å². The van der Waals surface area contributed by atoms with Crippen molar-refractivity contribution in [3.63, 3.8) is 0 Å². The average Bonchev–Trinajstić information content (AvgIpc) is 2.58. The molecule has 2 rings (SSSR count). The minimum atomic E-state index is 0.453. The van der Waals surface area contributed by atoms with E-state index in [0.717, 1.165) is 11.2 Å². The van der Waals surface area contributed by atoms with E-state index in [1.807, 2.05) is 0 Å². The number of hydrogen-bond acceptors (Lipinski definition) is 4. The number of hydrogen-bond donors (Lipinski definition) is 1. The fraction of sp³-hybridized carbons (Fsp3) is 0.250. The van der Waals surface area contributed by atoms with Gasteiger partial charge in [-0.3, -0.25) is 0 Å². The average molecular weight is 178 g/mol. The summed E-state index contributed by atoms with van der Waals surface area (Å²) in [4.78, 5) is 4.14. The third kappa shape index (κ3) is 1.23. The summed E-state index contributed by atoms with van der Waals surface area (Å²) in [6.45, 7) is 0.453. The van der Waals surface area contributed by atoms with E-state index in [1.165, 1.54) is 0 Å².